The molecule has 0 aliphatic carbocycles. The van der Waals surface area contributed by atoms with E-state index < -0.39 is 3.79 Å². The molecule has 98 valence electrons. The van der Waals surface area contributed by atoms with Crippen LogP contribution < -0.4 is 5.32 Å². The van der Waals surface area contributed by atoms with Crippen LogP contribution in [0, 0.1) is 11.3 Å². The Morgan fingerprint density at radius 1 is 1.26 bits per heavy atom. The molecule has 7 heteroatoms. The van der Waals surface area contributed by atoms with Gasteiger partial charge in [0.2, 0.25) is 3.79 Å². The van der Waals surface area contributed by atoms with Gasteiger partial charge in [0.25, 0.3) is 0 Å². The second-order valence-corrected chi connectivity index (χ2v) is 6.74. The highest BCUT2D eigenvalue weighted by molar-refractivity contribution is 7.10. The van der Waals surface area contributed by atoms with Crippen LogP contribution in [0.3, 0.4) is 0 Å². The van der Waals surface area contributed by atoms with Crippen LogP contribution in [-0.4, -0.2) is 4.37 Å². The molecule has 0 spiro atoms. The number of halogens is 3. The van der Waals surface area contributed by atoms with Gasteiger partial charge in [0.05, 0.1) is 0 Å². The van der Waals surface area contributed by atoms with Gasteiger partial charge in [-0.1, -0.05) is 65.1 Å². The summed E-state index contributed by atoms with van der Waals surface area (Å²) in [4.78, 5) is 0. The molecule has 2 rings (SSSR count). The molecular weight excluding hydrogens is 325 g/mol. The minimum Gasteiger partial charge on any atom is -0.370 e. The number of benzene rings is 1. The highest BCUT2D eigenvalue weighted by atomic mass is 35.6. The molecule has 0 saturated carbocycles. The number of alkyl halides is 3. The summed E-state index contributed by atoms with van der Waals surface area (Å²) in [6, 6.07) is 11.8. The molecule has 0 saturated heterocycles. The van der Waals surface area contributed by atoms with E-state index in [1.807, 2.05) is 36.4 Å². The van der Waals surface area contributed by atoms with E-state index in [0.717, 1.165) is 17.1 Å². The fourth-order valence-corrected chi connectivity index (χ4v) is 2.83. The van der Waals surface area contributed by atoms with E-state index in [2.05, 4.69) is 9.69 Å². The van der Waals surface area contributed by atoms with Crippen molar-refractivity contribution >= 4 is 51.3 Å². The van der Waals surface area contributed by atoms with Crippen molar-refractivity contribution in [2.75, 3.05) is 5.32 Å². The predicted octanol–water partition coefficient (Wildman–Crippen LogP) is 4.45. The lowest BCUT2D eigenvalue weighted by Crippen LogP contribution is -2.04. The average molecular weight is 333 g/mol. The summed E-state index contributed by atoms with van der Waals surface area (Å²) in [5.74, 6) is 0. The molecule has 0 aliphatic heterocycles. The summed E-state index contributed by atoms with van der Waals surface area (Å²) in [6.45, 7) is 0.580. The van der Waals surface area contributed by atoms with Crippen LogP contribution in [0.4, 0.5) is 5.00 Å². The third kappa shape index (κ3) is 3.52. The first-order valence-corrected chi connectivity index (χ1v) is 7.18. The van der Waals surface area contributed by atoms with Crippen LogP contribution in [0.15, 0.2) is 30.3 Å². The first-order valence-electron chi connectivity index (χ1n) is 5.27. The Morgan fingerprint density at radius 2 is 1.95 bits per heavy atom. The van der Waals surface area contributed by atoms with E-state index in [0.29, 0.717) is 11.5 Å². The molecular formula is C12H8Cl3N3S. The van der Waals surface area contributed by atoms with E-state index in [-0.39, 0.29) is 11.3 Å². The van der Waals surface area contributed by atoms with Crippen molar-refractivity contribution in [2.45, 2.75) is 10.3 Å². The Kier molecular flexibility index (Phi) is 4.54. The molecule has 1 heterocycles. The van der Waals surface area contributed by atoms with Crippen LogP contribution in [0.25, 0.3) is 0 Å². The lowest BCUT2D eigenvalue weighted by Gasteiger charge is -2.08. The molecule has 0 amide bonds. The van der Waals surface area contributed by atoms with Crippen LogP contribution in [0.5, 0.6) is 0 Å². The Bertz CT molecular complexity index is 599. The molecule has 0 atom stereocenters. The summed E-state index contributed by atoms with van der Waals surface area (Å²) in [7, 11) is 0. The maximum absolute atomic E-state index is 9.15. The number of aromatic nitrogens is 1. The SMILES string of the molecule is N#Cc1c(C(Cl)(Cl)Cl)nsc1NCc1ccccc1. The van der Waals surface area contributed by atoms with E-state index in [1.54, 1.807) is 0 Å². The van der Waals surface area contributed by atoms with Crippen molar-refractivity contribution in [3.63, 3.8) is 0 Å². The third-order valence-electron chi connectivity index (χ3n) is 2.37. The van der Waals surface area contributed by atoms with E-state index in [4.69, 9.17) is 40.1 Å². The van der Waals surface area contributed by atoms with Gasteiger partial charge in [-0.3, -0.25) is 0 Å². The molecule has 1 N–H and O–H groups in total. The lowest BCUT2D eigenvalue weighted by atomic mass is 10.2. The zero-order valence-corrected chi connectivity index (χ0v) is 12.6. The number of hydrogen-bond acceptors (Lipinski definition) is 4. The molecule has 0 radical (unpaired) electrons. The first kappa shape index (κ1) is 14.4. The quantitative estimate of drug-likeness (QED) is 0.845. The highest BCUT2D eigenvalue weighted by Gasteiger charge is 2.31. The second-order valence-electron chi connectivity index (χ2n) is 3.68. The molecule has 1 aromatic heterocycles. The van der Waals surface area contributed by atoms with Crippen molar-refractivity contribution in [3.8, 4) is 6.07 Å². The first-order chi connectivity index (χ1) is 9.02. The zero-order valence-electron chi connectivity index (χ0n) is 9.53. The summed E-state index contributed by atoms with van der Waals surface area (Å²) in [5, 5.41) is 12.9. The molecule has 2 aromatic rings. The second kappa shape index (κ2) is 5.98. The Morgan fingerprint density at radius 3 is 2.53 bits per heavy atom. The van der Waals surface area contributed by atoms with Crippen LogP contribution in [0.2, 0.25) is 0 Å². The van der Waals surface area contributed by atoms with Crippen molar-refractivity contribution in [1.29, 1.82) is 5.26 Å². The van der Waals surface area contributed by atoms with E-state index in [9.17, 15) is 0 Å². The summed E-state index contributed by atoms with van der Waals surface area (Å²) in [5.41, 5.74) is 1.54. The Labute approximate surface area is 129 Å². The molecule has 3 nitrogen and oxygen atoms in total. The molecule has 0 bridgehead atoms. The van der Waals surface area contributed by atoms with Gasteiger partial charge in [-0.15, -0.1) is 0 Å². The lowest BCUT2D eigenvalue weighted by molar-refractivity contribution is 1.13. The number of nitrogens with zero attached hydrogens (tertiary/aromatic N) is 2. The van der Waals surface area contributed by atoms with E-state index in [1.165, 1.54) is 0 Å². The summed E-state index contributed by atoms with van der Waals surface area (Å²) in [6.07, 6.45) is 0. The molecule has 1 aromatic carbocycles. The highest BCUT2D eigenvalue weighted by Crippen LogP contribution is 2.42. The van der Waals surface area contributed by atoms with Crippen LogP contribution in [-0.2, 0) is 10.3 Å². The van der Waals surface area contributed by atoms with E-state index >= 15 is 0 Å². The number of anilines is 1. The number of nitrogens with one attached hydrogen (secondary N) is 1. The monoisotopic (exact) mass is 331 g/mol. The minimum absolute atomic E-state index is 0.167. The zero-order chi connectivity index (χ0) is 13.9. The maximum Gasteiger partial charge on any atom is 0.235 e. The van der Waals surface area contributed by atoms with Gasteiger partial charge < -0.3 is 5.32 Å². The Hall–Kier alpha value is -0.990. The Balaban J connectivity index is 2.18. The normalized spacial score (nSPS) is 11.1. The molecule has 0 fully saturated rings. The topological polar surface area (TPSA) is 48.7 Å². The van der Waals surface area contributed by atoms with Gasteiger partial charge in [0, 0.05) is 6.54 Å². The minimum atomic E-state index is -1.69. The fourth-order valence-electron chi connectivity index (χ4n) is 1.49. The molecule has 0 unspecified atom stereocenters. The fraction of sp³-hybridized carbons (Fsp3) is 0.167. The van der Waals surface area contributed by atoms with Crippen molar-refractivity contribution in [3.05, 3.63) is 47.2 Å². The molecule has 19 heavy (non-hydrogen) atoms. The average Bonchev–Trinajstić information content (AvgIpc) is 2.80. The maximum atomic E-state index is 9.15. The van der Waals surface area contributed by atoms with Crippen molar-refractivity contribution < 1.29 is 0 Å². The van der Waals surface area contributed by atoms with Crippen LogP contribution in [0.1, 0.15) is 16.8 Å². The summed E-state index contributed by atoms with van der Waals surface area (Å²) < 4.78 is 2.35. The van der Waals surface area contributed by atoms with Crippen molar-refractivity contribution in [2.24, 2.45) is 0 Å². The predicted molar refractivity (Wildman–Crippen MR) is 79.8 cm³/mol. The van der Waals surface area contributed by atoms with Gasteiger partial charge in [-0.25, -0.2) is 0 Å². The van der Waals surface area contributed by atoms with Gasteiger partial charge in [0.1, 0.15) is 22.3 Å². The van der Waals surface area contributed by atoms with Crippen molar-refractivity contribution in [1.82, 2.24) is 4.37 Å². The third-order valence-corrected chi connectivity index (χ3v) is 3.71. The number of rotatable bonds is 3. The van der Waals surface area contributed by atoms with Gasteiger partial charge in [0.15, 0.2) is 0 Å². The van der Waals surface area contributed by atoms with Gasteiger partial charge in [-0.2, -0.15) is 9.64 Å². The van der Waals surface area contributed by atoms with Gasteiger partial charge in [-0.05, 0) is 17.1 Å². The number of hydrogen-bond donors (Lipinski definition) is 1. The standard InChI is InChI=1S/C12H8Cl3N3S/c13-12(14,15)10-9(6-16)11(19-18-10)17-7-8-4-2-1-3-5-8/h1-5,17H,7H2. The van der Waals surface area contributed by atoms with Crippen LogP contribution >= 0.6 is 46.3 Å². The van der Waals surface area contributed by atoms with Gasteiger partial charge >= 0.3 is 0 Å². The molecule has 0 aliphatic rings. The number of nitriles is 1. The summed E-state index contributed by atoms with van der Waals surface area (Å²) >= 11 is 18.4. The largest absolute Gasteiger partial charge is 0.370 e. The smallest absolute Gasteiger partial charge is 0.235 e.